The Morgan fingerprint density at radius 2 is 2.28 bits per heavy atom. The maximum Gasteiger partial charge on any atom is 0.345 e. The number of nitrogens with zero attached hydrogens (tertiary/aromatic N) is 3. The normalized spacial score (nSPS) is 17.0. The number of carbonyl (C=O) groups excluding carboxylic acids is 2. The molecule has 2 amide bonds. The van der Waals surface area contributed by atoms with Crippen molar-refractivity contribution < 1.29 is 14.5 Å². The molecule has 8 nitrogen and oxygen atoms in total. The van der Waals surface area contributed by atoms with E-state index >= 15 is 0 Å². The number of amides is 2. The van der Waals surface area contributed by atoms with Crippen LogP contribution in [-0.2, 0) is 9.59 Å². The Morgan fingerprint density at radius 1 is 1.52 bits per heavy atom. The van der Waals surface area contributed by atoms with Crippen LogP contribution in [0.5, 0.6) is 0 Å². The largest absolute Gasteiger partial charge is 0.345 e. The van der Waals surface area contributed by atoms with E-state index in [9.17, 15) is 19.7 Å². The van der Waals surface area contributed by atoms with Gasteiger partial charge in [0.1, 0.15) is 6.20 Å². The lowest BCUT2D eigenvalue weighted by Gasteiger charge is -2.17. The maximum atomic E-state index is 12.3. The second kappa shape index (κ2) is 6.77. The Balaban J connectivity index is 1.69. The van der Waals surface area contributed by atoms with E-state index in [1.807, 2.05) is 13.0 Å². The lowest BCUT2D eigenvalue weighted by molar-refractivity contribution is -0.380. The molecule has 0 saturated carbocycles. The number of anilines is 2. The minimum atomic E-state index is -0.574. The fourth-order valence-corrected chi connectivity index (χ4v) is 3.31. The average molecular weight is 381 g/mol. The van der Waals surface area contributed by atoms with E-state index in [0.717, 1.165) is 23.1 Å². The van der Waals surface area contributed by atoms with Gasteiger partial charge in [-0.05, 0) is 36.0 Å². The summed E-state index contributed by atoms with van der Waals surface area (Å²) < 4.78 is 0. The zero-order valence-electron chi connectivity index (χ0n) is 13.1. The molecule has 1 aromatic carbocycles. The summed E-state index contributed by atoms with van der Waals surface area (Å²) in [7, 11) is 0. The summed E-state index contributed by atoms with van der Waals surface area (Å²) in [4.78, 5) is 39.9. The van der Waals surface area contributed by atoms with Crippen LogP contribution in [0, 0.1) is 23.0 Å². The van der Waals surface area contributed by atoms with E-state index in [1.165, 1.54) is 4.90 Å². The molecule has 0 spiro atoms. The SMILES string of the molecule is Cc1ccc(N2C[C@@H](C(=O)Nc3ncc([N+](=O)[O-])s3)CC2=O)cc1Cl. The number of thiazole rings is 1. The minimum Gasteiger partial charge on any atom is -0.312 e. The van der Waals surface area contributed by atoms with Gasteiger partial charge in [0, 0.05) is 23.7 Å². The molecular weight excluding hydrogens is 368 g/mol. The van der Waals surface area contributed by atoms with E-state index in [1.54, 1.807) is 12.1 Å². The molecule has 0 radical (unpaired) electrons. The highest BCUT2D eigenvalue weighted by molar-refractivity contribution is 7.18. The Labute approximate surface area is 151 Å². The third-order valence-corrected chi connectivity index (χ3v) is 5.14. The third kappa shape index (κ3) is 3.62. The Bertz CT molecular complexity index is 869. The molecule has 1 aliphatic rings. The lowest BCUT2D eigenvalue weighted by atomic mass is 10.1. The zero-order chi connectivity index (χ0) is 18.1. The predicted molar refractivity (Wildman–Crippen MR) is 94.0 cm³/mol. The first-order chi connectivity index (χ1) is 11.8. The summed E-state index contributed by atoms with van der Waals surface area (Å²) in [6, 6.07) is 5.29. The van der Waals surface area contributed by atoms with Crippen molar-refractivity contribution in [1.82, 2.24) is 4.98 Å². The van der Waals surface area contributed by atoms with Crippen LogP contribution in [0.25, 0.3) is 0 Å². The van der Waals surface area contributed by atoms with Gasteiger partial charge in [0.05, 0.1) is 10.8 Å². The van der Waals surface area contributed by atoms with Crippen molar-refractivity contribution >= 4 is 50.6 Å². The second-order valence-electron chi connectivity index (χ2n) is 5.59. The average Bonchev–Trinajstić information content (AvgIpc) is 3.17. The first kappa shape index (κ1) is 17.3. The van der Waals surface area contributed by atoms with Crippen molar-refractivity contribution in [1.29, 1.82) is 0 Å². The van der Waals surface area contributed by atoms with Gasteiger partial charge in [-0.25, -0.2) is 4.98 Å². The molecule has 1 aromatic heterocycles. The van der Waals surface area contributed by atoms with Crippen molar-refractivity contribution in [3.8, 4) is 0 Å². The molecule has 3 rings (SSSR count). The van der Waals surface area contributed by atoms with Crippen LogP contribution < -0.4 is 10.2 Å². The number of nitrogens with one attached hydrogen (secondary N) is 1. The topological polar surface area (TPSA) is 105 Å². The van der Waals surface area contributed by atoms with Crippen LogP contribution in [0.3, 0.4) is 0 Å². The molecule has 1 fully saturated rings. The van der Waals surface area contributed by atoms with Crippen molar-refractivity contribution in [3.05, 3.63) is 45.1 Å². The molecule has 1 saturated heterocycles. The first-order valence-electron chi connectivity index (χ1n) is 7.32. The predicted octanol–water partition coefficient (Wildman–Crippen LogP) is 3.00. The molecule has 2 aromatic rings. The van der Waals surface area contributed by atoms with Crippen molar-refractivity contribution in [2.75, 3.05) is 16.8 Å². The van der Waals surface area contributed by atoms with E-state index in [2.05, 4.69) is 10.3 Å². The van der Waals surface area contributed by atoms with Crippen LogP contribution in [-0.4, -0.2) is 28.3 Å². The van der Waals surface area contributed by atoms with Gasteiger partial charge in [0.2, 0.25) is 11.8 Å². The number of aryl methyl sites for hydroxylation is 1. The molecule has 25 heavy (non-hydrogen) atoms. The van der Waals surface area contributed by atoms with Gasteiger partial charge >= 0.3 is 5.00 Å². The molecule has 1 N–H and O–H groups in total. The molecule has 0 unspecified atom stereocenters. The van der Waals surface area contributed by atoms with Crippen molar-refractivity contribution in [2.24, 2.45) is 5.92 Å². The number of hydrogen-bond acceptors (Lipinski definition) is 6. The molecule has 1 atom stereocenters. The van der Waals surface area contributed by atoms with Crippen LogP contribution >= 0.6 is 22.9 Å². The van der Waals surface area contributed by atoms with Crippen LogP contribution in [0.1, 0.15) is 12.0 Å². The Hall–Kier alpha value is -2.52. The number of nitro groups is 1. The second-order valence-corrected chi connectivity index (χ2v) is 7.01. The van der Waals surface area contributed by atoms with Gasteiger partial charge in [0.15, 0.2) is 5.13 Å². The summed E-state index contributed by atoms with van der Waals surface area (Å²) >= 11 is 6.87. The van der Waals surface area contributed by atoms with Gasteiger partial charge in [-0.2, -0.15) is 0 Å². The van der Waals surface area contributed by atoms with Gasteiger partial charge in [-0.3, -0.25) is 19.7 Å². The summed E-state index contributed by atoms with van der Waals surface area (Å²) in [5, 5.41) is 13.7. The molecule has 10 heteroatoms. The highest BCUT2D eigenvalue weighted by Crippen LogP contribution is 2.30. The van der Waals surface area contributed by atoms with E-state index < -0.39 is 16.7 Å². The van der Waals surface area contributed by atoms with E-state index in [4.69, 9.17) is 11.6 Å². The van der Waals surface area contributed by atoms with Crippen LogP contribution in [0.15, 0.2) is 24.4 Å². The van der Waals surface area contributed by atoms with Crippen LogP contribution in [0.4, 0.5) is 15.8 Å². The maximum absolute atomic E-state index is 12.3. The summed E-state index contributed by atoms with van der Waals surface area (Å²) in [5.41, 5.74) is 1.54. The Morgan fingerprint density at radius 3 is 2.92 bits per heavy atom. The number of aromatic nitrogens is 1. The smallest absolute Gasteiger partial charge is 0.312 e. The minimum absolute atomic E-state index is 0.0603. The fraction of sp³-hybridized carbons (Fsp3) is 0.267. The molecular formula is C15H13ClN4O4S. The van der Waals surface area contributed by atoms with Crippen molar-refractivity contribution in [3.63, 3.8) is 0 Å². The zero-order valence-corrected chi connectivity index (χ0v) is 14.6. The van der Waals surface area contributed by atoms with Crippen LogP contribution in [0.2, 0.25) is 5.02 Å². The Kier molecular flexibility index (Phi) is 4.69. The van der Waals surface area contributed by atoms with Gasteiger partial charge in [-0.15, -0.1) is 0 Å². The van der Waals surface area contributed by atoms with Gasteiger partial charge < -0.3 is 10.2 Å². The molecule has 2 heterocycles. The highest BCUT2D eigenvalue weighted by atomic mass is 35.5. The standard InChI is InChI=1S/C15H13ClN4O4S/c1-8-2-3-10(5-11(8)16)19-7-9(4-12(19)21)14(22)18-15-17-6-13(25-15)20(23)24/h2-3,5-6,9H,4,7H2,1H3,(H,17,18,22)/t9-/m0/s1. The number of benzene rings is 1. The first-order valence-corrected chi connectivity index (χ1v) is 8.52. The molecule has 0 aliphatic carbocycles. The monoisotopic (exact) mass is 380 g/mol. The van der Waals surface area contributed by atoms with E-state index in [-0.39, 0.29) is 29.0 Å². The molecule has 1 aliphatic heterocycles. The van der Waals surface area contributed by atoms with Gasteiger partial charge in [0.25, 0.3) is 0 Å². The van der Waals surface area contributed by atoms with E-state index in [0.29, 0.717) is 10.7 Å². The summed E-state index contributed by atoms with van der Waals surface area (Å²) in [5.74, 6) is -1.13. The quantitative estimate of drug-likeness (QED) is 0.648. The highest BCUT2D eigenvalue weighted by Gasteiger charge is 2.35. The number of hydrogen-bond donors (Lipinski definition) is 1. The lowest BCUT2D eigenvalue weighted by Crippen LogP contribution is -2.28. The number of rotatable bonds is 4. The number of carbonyl (C=O) groups is 2. The molecule has 130 valence electrons. The summed E-state index contributed by atoms with van der Waals surface area (Å²) in [6.07, 6.45) is 1.14. The molecule has 0 bridgehead atoms. The number of halogens is 1. The fourth-order valence-electron chi connectivity index (χ4n) is 2.50. The van der Waals surface area contributed by atoms with Crippen molar-refractivity contribution in [2.45, 2.75) is 13.3 Å². The third-order valence-electron chi connectivity index (χ3n) is 3.87. The van der Waals surface area contributed by atoms with Gasteiger partial charge in [-0.1, -0.05) is 17.7 Å². The summed E-state index contributed by atoms with van der Waals surface area (Å²) in [6.45, 7) is 2.08.